The molecule has 2 aromatic rings. The maximum absolute atomic E-state index is 12.6. The first-order chi connectivity index (χ1) is 6.66. The molecular weight excluding hydrogens is 190 g/mol. The highest BCUT2D eigenvalue weighted by molar-refractivity contribution is 5.49. The highest BCUT2D eigenvalue weighted by Crippen LogP contribution is 2.13. The fourth-order valence-corrected chi connectivity index (χ4v) is 1.13. The Morgan fingerprint density at radius 2 is 1.79 bits per heavy atom. The van der Waals surface area contributed by atoms with E-state index >= 15 is 0 Å². The Morgan fingerprint density at radius 3 is 2.29 bits per heavy atom. The summed E-state index contributed by atoms with van der Waals surface area (Å²) in [6.45, 7) is 0. The summed E-state index contributed by atoms with van der Waals surface area (Å²) in [5.74, 6) is -0.0116. The van der Waals surface area contributed by atoms with Crippen molar-refractivity contribution in [3.05, 3.63) is 30.5 Å². The molecule has 0 spiro atoms. The van der Waals surface area contributed by atoms with Crippen LogP contribution in [0.5, 0.6) is 0 Å². The first kappa shape index (κ1) is 8.74. The van der Waals surface area contributed by atoms with Gasteiger partial charge in [-0.15, -0.1) is 0 Å². The summed E-state index contributed by atoms with van der Waals surface area (Å²) in [5, 5.41) is 0. The van der Waals surface area contributed by atoms with Gasteiger partial charge in [-0.1, -0.05) is 0 Å². The van der Waals surface area contributed by atoms with E-state index in [4.69, 9.17) is 0 Å². The Morgan fingerprint density at radius 1 is 1.14 bits per heavy atom. The Hall–Kier alpha value is -1.85. The van der Waals surface area contributed by atoms with Crippen LogP contribution in [-0.2, 0) is 7.05 Å². The molecule has 0 aliphatic heterocycles. The van der Waals surface area contributed by atoms with Crippen LogP contribution < -0.4 is 0 Å². The molecule has 72 valence electrons. The average Bonchev–Trinajstić information content (AvgIpc) is 2.49. The molecule has 0 atom stereocenters. The second kappa shape index (κ2) is 3.13. The Bertz CT molecular complexity index is 446. The van der Waals surface area contributed by atoms with Crippen molar-refractivity contribution in [3.8, 4) is 11.5 Å². The minimum Gasteiger partial charge on any atom is -0.348 e. The van der Waals surface area contributed by atoms with E-state index in [2.05, 4.69) is 15.0 Å². The first-order valence-corrected chi connectivity index (χ1v) is 3.85. The summed E-state index contributed by atoms with van der Waals surface area (Å²) in [6.07, 6.45) is -0.503. The van der Waals surface area contributed by atoms with Gasteiger partial charge in [-0.25, -0.2) is 0 Å². The van der Waals surface area contributed by atoms with E-state index in [1.165, 1.54) is 0 Å². The summed E-state index contributed by atoms with van der Waals surface area (Å²) < 4.78 is 26.9. The molecule has 0 N–H and O–H groups in total. The zero-order chi connectivity index (χ0) is 10.1. The molecule has 0 radical (unpaired) electrons. The van der Waals surface area contributed by atoms with Crippen molar-refractivity contribution in [1.29, 1.82) is 0 Å². The largest absolute Gasteiger partial charge is 0.348 e. The van der Waals surface area contributed by atoms with Crippen LogP contribution in [-0.4, -0.2) is 19.5 Å². The minimum absolute atomic E-state index is 0.0116. The van der Waals surface area contributed by atoms with Crippen LogP contribution in [0.2, 0.25) is 0 Å². The number of aryl methyl sites for hydroxylation is 1. The monoisotopic (exact) mass is 196 g/mol. The van der Waals surface area contributed by atoms with Gasteiger partial charge < -0.3 is 4.57 Å². The minimum atomic E-state index is -1.12. The van der Waals surface area contributed by atoms with Crippen LogP contribution in [0.4, 0.5) is 8.78 Å². The third kappa shape index (κ3) is 1.46. The molecule has 0 bridgehead atoms. The second-order valence-corrected chi connectivity index (χ2v) is 2.70. The summed E-state index contributed by atoms with van der Waals surface area (Å²) in [7, 11) is 1.73. The Kier molecular flexibility index (Phi) is 1.95. The number of hydrogen-bond acceptors (Lipinski definition) is 3. The van der Waals surface area contributed by atoms with Crippen LogP contribution in [0.3, 0.4) is 0 Å². The molecular formula is C8H6F2N4. The second-order valence-electron chi connectivity index (χ2n) is 2.70. The predicted molar refractivity (Wildman–Crippen MR) is 44.2 cm³/mol. The summed E-state index contributed by atoms with van der Waals surface area (Å²) in [4.78, 5) is 9.58. The lowest BCUT2D eigenvalue weighted by molar-refractivity contribution is 0.456. The number of hydrogen-bond donors (Lipinski definition) is 0. The molecule has 4 nitrogen and oxygen atoms in total. The number of nitrogens with zero attached hydrogens (tertiary/aromatic N) is 4. The molecule has 0 amide bonds. The fraction of sp³-hybridized carbons (Fsp3) is 0.125. The molecule has 0 aliphatic carbocycles. The van der Waals surface area contributed by atoms with Gasteiger partial charge in [-0.2, -0.15) is 23.7 Å². The fourth-order valence-electron chi connectivity index (χ4n) is 1.13. The average molecular weight is 196 g/mol. The van der Waals surface area contributed by atoms with Crippen LogP contribution in [0.15, 0.2) is 18.3 Å². The molecule has 0 unspecified atom stereocenters. The van der Waals surface area contributed by atoms with Gasteiger partial charge in [0, 0.05) is 13.2 Å². The van der Waals surface area contributed by atoms with Crippen molar-refractivity contribution >= 4 is 0 Å². The Labute approximate surface area is 78.3 Å². The molecule has 0 aromatic carbocycles. The van der Waals surface area contributed by atoms with E-state index in [1.54, 1.807) is 29.9 Å². The van der Waals surface area contributed by atoms with Gasteiger partial charge in [0.05, 0.1) is 5.69 Å². The third-order valence-corrected chi connectivity index (χ3v) is 1.75. The summed E-state index contributed by atoms with van der Waals surface area (Å²) in [5.41, 5.74) is 0.533. The van der Waals surface area contributed by atoms with Crippen molar-refractivity contribution in [2.24, 2.45) is 7.05 Å². The van der Waals surface area contributed by atoms with Crippen molar-refractivity contribution in [2.45, 2.75) is 0 Å². The van der Waals surface area contributed by atoms with E-state index in [0.717, 1.165) is 0 Å². The highest BCUT2D eigenvalue weighted by atomic mass is 19.1. The standard InChI is InChI=1S/C8H6F2N4/c1-14-4-2-3-5(14)6-11-7(9)13-8(10)12-6/h2-4H,1H3. The smallest absolute Gasteiger partial charge is 0.314 e. The predicted octanol–water partition coefficient (Wildman–Crippen LogP) is 1.16. The van der Waals surface area contributed by atoms with E-state index in [0.29, 0.717) is 5.69 Å². The number of aromatic nitrogens is 4. The van der Waals surface area contributed by atoms with Crippen molar-refractivity contribution in [1.82, 2.24) is 19.5 Å². The number of halogens is 2. The van der Waals surface area contributed by atoms with Crippen LogP contribution in [0.25, 0.3) is 11.5 Å². The normalized spacial score (nSPS) is 10.5. The van der Waals surface area contributed by atoms with E-state index in [9.17, 15) is 8.78 Å². The molecule has 6 heteroatoms. The Balaban J connectivity index is 2.57. The van der Waals surface area contributed by atoms with Crippen LogP contribution in [0.1, 0.15) is 0 Å². The quantitative estimate of drug-likeness (QED) is 0.687. The molecule has 2 heterocycles. The van der Waals surface area contributed by atoms with Gasteiger partial charge in [0.15, 0.2) is 5.82 Å². The van der Waals surface area contributed by atoms with Crippen LogP contribution in [0, 0.1) is 12.2 Å². The molecule has 14 heavy (non-hydrogen) atoms. The van der Waals surface area contributed by atoms with Gasteiger partial charge in [-0.3, -0.25) is 0 Å². The summed E-state index contributed by atoms with van der Waals surface area (Å²) >= 11 is 0. The number of rotatable bonds is 1. The van der Waals surface area contributed by atoms with E-state index in [-0.39, 0.29) is 5.82 Å². The maximum Gasteiger partial charge on any atom is 0.314 e. The van der Waals surface area contributed by atoms with Crippen molar-refractivity contribution < 1.29 is 8.78 Å². The van der Waals surface area contributed by atoms with Crippen molar-refractivity contribution in [2.75, 3.05) is 0 Å². The van der Waals surface area contributed by atoms with E-state index < -0.39 is 12.2 Å². The van der Waals surface area contributed by atoms with Gasteiger partial charge in [-0.05, 0) is 12.1 Å². The lowest BCUT2D eigenvalue weighted by Gasteiger charge is -2.00. The zero-order valence-electron chi connectivity index (χ0n) is 7.28. The van der Waals surface area contributed by atoms with Gasteiger partial charge in [0.1, 0.15) is 0 Å². The summed E-state index contributed by atoms with van der Waals surface area (Å²) in [6, 6.07) is 3.39. The van der Waals surface area contributed by atoms with E-state index in [1.807, 2.05) is 0 Å². The lowest BCUT2D eigenvalue weighted by atomic mass is 10.4. The zero-order valence-corrected chi connectivity index (χ0v) is 7.28. The molecule has 0 fully saturated rings. The van der Waals surface area contributed by atoms with Gasteiger partial charge in [0.25, 0.3) is 0 Å². The van der Waals surface area contributed by atoms with Crippen molar-refractivity contribution in [3.63, 3.8) is 0 Å². The first-order valence-electron chi connectivity index (χ1n) is 3.85. The maximum atomic E-state index is 12.6. The molecule has 0 aliphatic rings. The molecule has 2 aromatic heterocycles. The molecule has 0 saturated carbocycles. The highest BCUT2D eigenvalue weighted by Gasteiger charge is 2.09. The SMILES string of the molecule is Cn1cccc1-c1nc(F)nc(F)n1. The van der Waals surface area contributed by atoms with Gasteiger partial charge in [0.2, 0.25) is 0 Å². The van der Waals surface area contributed by atoms with Gasteiger partial charge >= 0.3 is 12.2 Å². The molecule has 2 rings (SSSR count). The third-order valence-electron chi connectivity index (χ3n) is 1.75. The lowest BCUT2D eigenvalue weighted by Crippen LogP contribution is -2.02. The topological polar surface area (TPSA) is 43.6 Å². The van der Waals surface area contributed by atoms with Crippen LogP contribution >= 0.6 is 0 Å². The molecule has 0 saturated heterocycles.